The van der Waals surface area contributed by atoms with Gasteiger partial charge in [-0.15, -0.1) is 0 Å². The minimum absolute atomic E-state index is 0.000673. The van der Waals surface area contributed by atoms with E-state index in [1.807, 2.05) is 78.9 Å². The molecule has 2 heterocycles. The smallest absolute Gasteiger partial charge is 0.421 e. The van der Waals surface area contributed by atoms with Crippen molar-refractivity contribution in [3.05, 3.63) is 106 Å². The highest BCUT2D eigenvalue weighted by Crippen LogP contribution is 2.28. The lowest BCUT2D eigenvalue weighted by molar-refractivity contribution is 0.0526. The highest BCUT2D eigenvalue weighted by Gasteiger charge is 2.28. The van der Waals surface area contributed by atoms with Crippen molar-refractivity contribution in [3.63, 3.8) is 0 Å². The Bertz CT molecular complexity index is 2420. The molecule has 0 saturated heterocycles. The van der Waals surface area contributed by atoms with Crippen LogP contribution >= 0.6 is 22.6 Å². The Morgan fingerprint density at radius 2 is 0.918 bits per heavy atom. The number of aromatic nitrogens is 4. The number of hydrogen-bond acceptors (Lipinski definition) is 10. The molecule has 0 fully saturated rings. The number of benzene rings is 3. The van der Waals surface area contributed by atoms with E-state index in [-0.39, 0.29) is 11.9 Å². The molecule has 0 aliphatic carbocycles. The van der Waals surface area contributed by atoms with E-state index in [1.54, 1.807) is 83.1 Å². The van der Waals surface area contributed by atoms with E-state index in [2.05, 4.69) is 55.0 Å². The van der Waals surface area contributed by atoms with Crippen LogP contribution in [0.1, 0.15) is 94.2 Å². The van der Waals surface area contributed by atoms with E-state index >= 15 is 0 Å². The normalized spacial score (nSPS) is 11.5. The Morgan fingerprint density at radius 3 is 1.34 bits per heavy atom. The summed E-state index contributed by atoms with van der Waals surface area (Å²) in [6.45, 7) is 21.1. The summed E-state index contributed by atoms with van der Waals surface area (Å²) >= 11 is 2.19. The fraction of sp³-hybridized carbons (Fsp3) is 0.348. The maximum Gasteiger partial charge on any atom is 0.421 e. The van der Waals surface area contributed by atoms with Gasteiger partial charge < -0.3 is 18.9 Å². The van der Waals surface area contributed by atoms with Crippen molar-refractivity contribution < 1.29 is 38.1 Å². The minimum atomic E-state index is -0.745. The molecule has 0 radical (unpaired) electrons. The molecular formula is C46H53IN6O8. The van der Waals surface area contributed by atoms with Gasteiger partial charge in [-0.3, -0.25) is 10.6 Å². The Labute approximate surface area is 370 Å². The molecule has 5 rings (SSSR count). The Morgan fingerprint density at radius 1 is 0.525 bits per heavy atom. The van der Waals surface area contributed by atoms with Gasteiger partial charge >= 0.3 is 24.4 Å². The first-order valence-corrected chi connectivity index (χ1v) is 20.4. The largest absolute Gasteiger partial charge is 0.444 e. The first-order valence-electron chi connectivity index (χ1n) is 19.3. The molecule has 0 atom stereocenters. The molecule has 0 spiro atoms. The zero-order chi connectivity index (χ0) is 45.3. The van der Waals surface area contributed by atoms with Crippen LogP contribution in [0.3, 0.4) is 0 Å². The van der Waals surface area contributed by atoms with Crippen LogP contribution in [0.2, 0.25) is 0 Å². The summed E-state index contributed by atoms with van der Waals surface area (Å²) in [6, 6.07) is 24.7. The molecule has 0 unspecified atom stereocenters. The van der Waals surface area contributed by atoms with Crippen molar-refractivity contribution in [1.29, 1.82) is 0 Å². The molecule has 3 aromatic carbocycles. The molecule has 0 bridgehead atoms. The number of carbonyl (C=O) groups is 4. The molecular weight excluding hydrogens is 891 g/mol. The Hall–Kier alpha value is -6.15. The van der Waals surface area contributed by atoms with Gasteiger partial charge in [0.05, 0.1) is 23.8 Å². The predicted molar refractivity (Wildman–Crippen MR) is 243 cm³/mol. The van der Waals surface area contributed by atoms with E-state index < -0.39 is 46.8 Å². The lowest BCUT2D eigenvalue weighted by Crippen LogP contribution is -2.31. The molecule has 2 N–H and O–H groups in total. The molecule has 0 aliphatic heterocycles. The fourth-order valence-corrected chi connectivity index (χ4v) is 5.67. The second-order valence-corrected chi connectivity index (χ2v) is 18.8. The summed E-state index contributed by atoms with van der Waals surface area (Å²) in [6.07, 6.45) is 0.276. The van der Waals surface area contributed by atoms with Gasteiger partial charge in [-0.05, 0) is 142 Å². The molecule has 61 heavy (non-hydrogen) atoms. The fourth-order valence-electron chi connectivity index (χ4n) is 5.13. The van der Waals surface area contributed by atoms with E-state index in [0.29, 0.717) is 17.0 Å². The number of amides is 2. The van der Waals surface area contributed by atoms with Crippen LogP contribution in [-0.2, 0) is 18.9 Å². The maximum absolute atomic E-state index is 13.1. The number of hydrogen-bond donors (Lipinski definition) is 2. The third-order valence-corrected chi connectivity index (χ3v) is 7.98. The summed E-state index contributed by atoms with van der Waals surface area (Å²) in [5, 5.41) is 5.07. The van der Waals surface area contributed by atoms with Gasteiger partial charge in [-0.1, -0.05) is 54.3 Å². The first-order chi connectivity index (χ1) is 28.3. The van der Waals surface area contributed by atoms with Crippen molar-refractivity contribution in [2.45, 2.75) is 105 Å². The van der Waals surface area contributed by atoms with Crippen LogP contribution < -0.4 is 10.6 Å². The van der Waals surface area contributed by atoms with Crippen LogP contribution in [-0.4, -0.2) is 65.9 Å². The Kier molecular flexibility index (Phi) is 15.2. The zero-order valence-electron chi connectivity index (χ0n) is 36.6. The van der Waals surface area contributed by atoms with Crippen LogP contribution in [0.5, 0.6) is 0 Å². The van der Waals surface area contributed by atoms with Crippen LogP contribution in [0, 0.1) is 15.4 Å². The van der Waals surface area contributed by atoms with Gasteiger partial charge in [0.2, 0.25) is 11.9 Å². The minimum Gasteiger partial charge on any atom is -0.444 e. The average Bonchev–Trinajstić information content (AvgIpc) is 3.73. The van der Waals surface area contributed by atoms with Crippen molar-refractivity contribution in [2.75, 3.05) is 10.6 Å². The van der Waals surface area contributed by atoms with Crippen molar-refractivity contribution >= 4 is 58.9 Å². The van der Waals surface area contributed by atoms with Gasteiger partial charge in [0.1, 0.15) is 22.4 Å². The number of nitrogens with zero attached hydrogens (tertiary/aromatic N) is 4. The summed E-state index contributed by atoms with van der Waals surface area (Å²) in [5.41, 5.74) is 1.26. The molecule has 2 aromatic heterocycles. The molecule has 14 nitrogen and oxygen atoms in total. The van der Waals surface area contributed by atoms with Crippen LogP contribution in [0.4, 0.5) is 31.1 Å². The highest BCUT2D eigenvalue weighted by atomic mass is 127. The summed E-state index contributed by atoms with van der Waals surface area (Å²) < 4.78 is 25.1. The molecule has 2 amide bonds. The van der Waals surface area contributed by atoms with Crippen molar-refractivity contribution in [1.82, 2.24) is 19.1 Å². The lowest BCUT2D eigenvalue weighted by atomic mass is 10.1. The molecule has 0 saturated carbocycles. The van der Waals surface area contributed by atoms with Gasteiger partial charge in [0.25, 0.3) is 0 Å². The number of rotatable bonds is 4. The van der Waals surface area contributed by atoms with Crippen LogP contribution in [0.15, 0.2) is 91.3 Å². The monoisotopic (exact) mass is 944 g/mol. The van der Waals surface area contributed by atoms with Gasteiger partial charge in [0.15, 0.2) is 0 Å². The van der Waals surface area contributed by atoms with E-state index in [1.165, 1.54) is 21.5 Å². The van der Waals surface area contributed by atoms with E-state index in [4.69, 9.17) is 18.9 Å². The van der Waals surface area contributed by atoms with Gasteiger partial charge in [0, 0.05) is 25.8 Å². The summed E-state index contributed by atoms with van der Waals surface area (Å²) in [7, 11) is 0. The van der Waals surface area contributed by atoms with E-state index in [0.717, 1.165) is 20.3 Å². The number of ether oxygens (including phenoxy) is 4. The second kappa shape index (κ2) is 19.5. The van der Waals surface area contributed by atoms with Crippen molar-refractivity contribution in [2.24, 2.45) is 0 Å². The number of carbonyl (C=O) groups excluding carboxylic acids is 4. The number of halogens is 1. The zero-order valence-corrected chi connectivity index (χ0v) is 38.8. The van der Waals surface area contributed by atoms with Crippen LogP contribution in [0.25, 0.3) is 22.5 Å². The van der Waals surface area contributed by atoms with E-state index in [9.17, 15) is 19.2 Å². The number of anilines is 2. The standard InChI is InChI=1S/C27H29N3O4.C19H24IN3O4/c1-26(2,3)33-24(31)29-23-28-18-22(30(23)25(32)34-27(4,5)6)21-14-10-13-20(17-21)16-15-19-11-8-7-9-12-19;1-18(2,3)26-16(24)22-15-21-11-14(12-8-7-9-13(20)10-12)23(15)17(25)27-19(4,5)6/h7-14,17-18H,1-6H3,(H,28,29,31);7-11H,1-6H3,(H,21,22,24). The van der Waals surface area contributed by atoms with Gasteiger partial charge in [-0.25, -0.2) is 38.3 Å². The second-order valence-electron chi connectivity index (χ2n) is 17.5. The average molecular weight is 945 g/mol. The molecule has 322 valence electrons. The number of imidazole rings is 2. The molecule has 0 aliphatic rings. The third kappa shape index (κ3) is 15.4. The van der Waals surface area contributed by atoms with Gasteiger partial charge in [-0.2, -0.15) is 0 Å². The quantitative estimate of drug-likeness (QED) is 0.101. The SMILES string of the molecule is CC(C)(C)OC(=O)Nc1ncc(-c2cccc(C#Cc3ccccc3)c2)n1C(=O)OC(C)(C)C.CC(C)(C)OC(=O)Nc1ncc(-c2cccc(I)c2)n1C(=O)OC(C)(C)C. The maximum atomic E-state index is 13.1. The van der Waals surface area contributed by atoms with Crippen molar-refractivity contribution in [3.8, 4) is 34.4 Å². The third-order valence-electron chi connectivity index (χ3n) is 7.30. The summed E-state index contributed by atoms with van der Waals surface area (Å²) in [4.78, 5) is 58.8. The number of nitrogens with one attached hydrogen (secondary N) is 2. The summed E-state index contributed by atoms with van der Waals surface area (Å²) in [5.74, 6) is 6.29. The Balaban J connectivity index is 0.000000276. The molecule has 5 aromatic rings. The first kappa shape index (κ1) is 47.5. The topological polar surface area (TPSA) is 165 Å². The predicted octanol–water partition coefficient (Wildman–Crippen LogP) is 11.4. The highest BCUT2D eigenvalue weighted by molar-refractivity contribution is 14.1. The lowest BCUT2D eigenvalue weighted by Gasteiger charge is -2.22. The molecule has 15 heteroatoms.